The van der Waals surface area contributed by atoms with Gasteiger partial charge in [-0.05, 0) is 57.8 Å². The van der Waals surface area contributed by atoms with E-state index in [0.29, 0.717) is 30.3 Å². The number of carbonyl (C=O) groups is 1. The van der Waals surface area contributed by atoms with E-state index in [1.807, 2.05) is 27.2 Å². The standard InChI is InChI=1S/C46H86NO7P/c1-6-8-10-12-14-16-18-20-22-24-25-27-29-31-33-35-37-39-44(49)46(45(50)43-48,54-55(51,52)53-42-41-47(3,4)5)40-38-36-34-32-30-28-26-23-21-19-17-15-13-11-9-7-2/h14,16,20,22,25,27,31,33,45,48,50H,6-13,15,17-19,21,23-24,26,28-30,32,34-43H2,1-5H3/b16-14-,22-20-,27-25-,33-31-/t45-,46?/m0/s1/i38+2. The number of nitrogens with zero attached hydrogens (tertiary/aromatic N) is 1. The molecule has 0 saturated carbocycles. The smallest absolute Gasteiger partial charge is 0.269 e. The van der Waals surface area contributed by atoms with E-state index in [1.165, 1.54) is 89.9 Å². The summed E-state index contributed by atoms with van der Waals surface area (Å²) in [5.74, 6) is -0.517. The molecule has 0 aromatic carbocycles. The minimum Gasteiger partial charge on any atom is -0.756 e. The summed E-state index contributed by atoms with van der Waals surface area (Å²) in [5, 5.41) is 21.0. The quantitative estimate of drug-likeness (QED) is 0.0274. The molecule has 0 spiro atoms. The maximum atomic E-state index is 13.8. The lowest BCUT2D eigenvalue weighted by Crippen LogP contribution is -2.53. The number of unbranched alkanes of at least 4 members (excludes halogenated alkanes) is 19. The Kier molecular flexibility index (Phi) is 34.9. The molecule has 9 heteroatoms. The van der Waals surface area contributed by atoms with E-state index >= 15 is 0 Å². The highest BCUT2D eigenvalue weighted by Crippen LogP contribution is 2.47. The lowest BCUT2D eigenvalue weighted by Gasteiger charge is -2.40. The Hall–Kier alpha value is -1.38. The van der Waals surface area contributed by atoms with Crippen LogP contribution in [0.1, 0.15) is 187 Å². The number of quaternary nitrogens is 1. The molecule has 55 heavy (non-hydrogen) atoms. The maximum Gasteiger partial charge on any atom is 0.269 e. The number of aliphatic hydroxyl groups excluding tert-OH is 2. The zero-order valence-corrected chi connectivity index (χ0v) is 37.1. The molecule has 3 atom stereocenters. The highest BCUT2D eigenvalue weighted by molar-refractivity contribution is 7.46. The summed E-state index contributed by atoms with van der Waals surface area (Å²) in [6, 6.07) is 0. The van der Waals surface area contributed by atoms with E-state index in [-0.39, 0.29) is 19.4 Å². The topological polar surface area (TPSA) is 116 Å². The fourth-order valence-electron chi connectivity index (χ4n) is 6.54. The number of aliphatic hydroxyl groups is 2. The molecule has 0 aliphatic heterocycles. The van der Waals surface area contributed by atoms with Crippen molar-refractivity contribution < 1.29 is 38.0 Å². The van der Waals surface area contributed by atoms with E-state index in [4.69, 9.17) is 9.05 Å². The number of hydrogen-bond donors (Lipinski definition) is 2. The zero-order chi connectivity index (χ0) is 40.9. The lowest BCUT2D eigenvalue weighted by molar-refractivity contribution is -0.870. The second-order valence-electron chi connectivity index (χ2n) is 16.4. The number of phosphoric ester groups is 1. The second kappa shape index (κ2) is 35.8. The zero-order valence-electron chi connectivity index (χ0n) is 36.2. The van der Waals surface area contributed by atoms with E-state index in [1.54, 1.807) is 0 Å². The number of phosphoric acid groups is 1. The summed E-state index contributed by atoms with van der Waals surface area (Å²) >= 11 is 0. The highest BCUT2D eigenvalue weighted by Gasteiger charge is 2.47. The van der Waals surface area contributed by atoms with Crippen LogP contribution in [0.2, 0.25) is 0 Å². The molecule has 2 unspecified atom stereocenters. The number of Topliss-reactive ketones (excluding diaryl/α,β-unsaturated/α-hetero) is 1. The van der Waals surface area contributed by atoms with Crippen molar-refractivity contribution in [3.05, 3.63) is 48.6 Å². The fourth-order valence-corrected chi connectivity index (χ4v) is 7.61. The van der Waals surface area contributed by atoms with Crippen molar-refractivity contribution in [2.75, 3.05) is 40.9 Å². The lowest BCUT2D eigenvalue weighted by atomic mass is 9.88. The van der Waals surface area contributed by atoms with Gasteiger partial charge in [0.25, 0.3) is 7.82 Å². The van der Waals surface area contributed by atoms with Gasteiger partial charge in [0.15, 0.2) is 11.4 Å². The summed E-state index contributed by atoms with van der Waals surface area (Å²) in [6.45, 7) is 3.98. The van der Waals surface area contributed by atoms with Crippen molar-refractivity contribution in [3.8, 4) is 0 Å². The van der Waals surface area contributed by atoms with Crippen molar-refractivity contribution >= 4 is 13.6 Å². The van der Waals surface area contributed by atoms with Crippen LogP contribution in [0.25, 0.3) is 0 Å². The molecule has 2 N–H and O–H groups in total. The number of hydrogen-bond acceptors (Lipinski definition) is 7. The van der Waals surface area contributed by atoms with Gasteiger partial charge in [0.05, 0.1) is 27.7 Å². The molecule has 0 aliphatic carbocycles. The summed E-state index contributed by atoms with van der Waals surface area (Å²) in [5.41, 5.74) is -2.08. The predicted molar refractivity (Wildman–Crippen MR) is 231 cm³/mol. The van der Waals surface area contributed by atoms with E-state index in [9.17, 15) is 24.5 Å². The van der Waals surface area contributed by atoms with Gasteiger partial charge >= 0.3 is 0 Å². The Morgan fingerprint density at radius 2 is 1.15 bits per heavy atom. The van der Waals surface area contributed by atoms with Crippen LogP contribution in [0.3, 0.4) is 0 Å². The fraction of sp³-hybridized carbons (Fsp3) is 0.804. The Labute approximate surface area is 339 Å². The van der Waals surface area contributed by atoms with Crippen molar-refractivity contribution in [1.29, 1.82) is 0 Å². The number of rotatable bonds is 40. The average molecular weight is 798 g/mol. The molecule has 0 amide bonds. The van der Waals surface area contributed by atoms with E-state index < -0.39 is 31.9 Å². The first-order valence-corrected chi connectivity index (χ1v) is 23.8. The van der Waals surface area contributed by atoms with E-state index in [2.05, 4.69) is 56.4 Å². The van der Waals surface area contributed by atoms with Crippen LogP contribution in [-0.2, 0) is 18.4 Å². The predicted octanol–water partition coefficient (Wildman–Crippen LogP) is 11.7. The minimum absolute atomic E-state index is 0.00124. The number of ketones is 1. The third-order valence-corrected chi connectivity index (χ3v) is 11.2. The Morgan fingerprint density at radius 3 is 1.62 bits per heavy atom. The first-order valence-electron chi connectivity index (χ1n) is 22.3. The van der Waals surface area contributed by atoms with Crippen molar-refractivity contribution in [3.63, 3.8) is 0 Å². The van der Waals surface area contributed by atoms with Gasteiger partial charge in [0.1, 0.15) is 19.3 Å². The molecule has 0 radical (unpaired) electrons. The molecule has 0 aromatic heterocycles. The van der Waals surface area contributed by atoms with Crippen LogP contribution < -0.4 is 4.89 Å². The molecule has 0 fully saturated rings. The number of allylic oxidation sites excluding steroid dienone is 8. The molecule has 0 saturated heterocycles. The van der Waals surface area contributed by atoms with Crippen molar-refractivity contribution in [2.45, 2.75) is 199 Å². The summed E-state index contributed by atoms with van der Waals surface area (Å²) < 4.78 is 24.3. The molecule has 0 aliphatic rings. The molecule has 8 nitrogen and oxygen atoms in total. The summed E-state index contributed by atoms with van der Waals surface area (Å²) in [4.78, 5) is 26.8. The monoisotopic (exact) mass is 798 g/mol. The highest BCUT2D eigenvalue weighted by atomic mass is 31.2. The Morgan fingerprint density at radius 1 is 0.709 bits per heavy atom. The van der Waals surface area contributed by atoms with Gasteiger partial charge in [-0.3, -0.25) is 9.36 Å². The third kappa shape index (κ3) is 32.3. The maximum absolute atomic E-state index is 13.8. The van der Waals surface area contributed by atoms with Crippen molar-refractivity contribution in [1.82, 2.24) is 0 Å². The van der Waals surface area contributed by atoms with Crippen molar-refractivity contribution in [2.24, 2.45) is 0 Å². The Bertz CT molecular complexity index is 1070. The molecule has 0 bridgehead atoms. The first kappa shape index (κ1) is 53.6. The van der Waals surface area contributed by atoms with Crippen LogP contribution in [0.5, 0.6) is 0 Å². The normalized spacial score (nSPS) is 15.5. The molecule has 0 rings (SSSR count). The van der Waals surface area contributed by atoms with E-state index in [0.717, 1.165) is 51.4 Å². The first-order chi connectivity index (χ1) is 26.4. The van der Waals surface area contributed by atoms with Gasteiger partial charge < -0.3 is 28.6 Å². The molecule has 0 aromatic rings. The molecular weight excluding hydrogens is 711 g/mol. The minimum atomic E-state index is -4.97. The Balaban J connectivity index is 4.92. The van der Waals surface area contributed by atoms with Gasteiger partial charge in [-0.2, -0.15) is 0 Å². The third-order valence-electron chi connectivity index (χ3n) is 10.1. The molecule has 322 valence electrons. The van der Waals surface area contributed by atoms with Crippen LogP contribution in [0.15, 0.2) is 48.6 Å². The van der Waals surface area contributed by atoms with Crippen LogP contribution in [0, 0.1) is 0 Å². The SMILES string of the molecule is CCCCC/C=C\C/C=C\C/C=C\C/C=C\CCCC(=O)C(C[14CH2]CCCCCCCCCCCCCCCC)(OP(=O)([O-])OCC[N+](C)(C)C)[C@@H](O)CO. The summed E-state index contributed by atoms with van der Waals surface area (Å²) in [6.07, 6.45) is 43.3. The van der Waals surface area contributed by atoms with Gasteiger partial charge in [-0.25, -0.2) is 0 Å². The largest absolute Gasteiger partial charge is 0.756 e. The average Bonchev–Trinajstić information content (AvgIpc) is 3.14. The molecule has 0 heterocycles. The molecular formula is C46H86NO7P. The van der Waals surface area contributed by atoms with Gasteiger partial charge in [0.2, 0.25) is 0 Å². The second-order valence-corrected chi connectivity index (χ2v) is 17.8. The van der Waals surface area contributed by atoms with Gasteiger partial charge in [-0.1, -0.05) is 172 Å². The van der Waals surface area contributed by atoms with Crippen LogP contribution in [0.4, 0.5) is 0 Å². The van der Waals surface area contributed by atoms with Gasteiger partial charge in [-0.15, -0.1) is 0 Å². The number of carbonyl (C=O) groups excluding carboxylic acids is 1. The van der Waals surface area contributed by atoms with Crippen LogP contribution in [-0.4, -0.2) is 73.1 Å². The van der Waals surface area contributed by atoms with Crippen LogP contribution >= 0.6 is 7.82 Å². The van der Waals surface area contributed by atoms with Gasteiger partial charge in [0, 0.05) is 6.42 Å². The number of likely N-dealkylation sites (N-methyl/N-ethyl adjacent to an activating group) is 1. The summed E-state index contributed by atoms with van der Waals surface area (Å²) in [7, 11) is 0.777.